The van der Waals surface area contributed by atoms with Crippen LogP contribution in [0.1, 0.15) is 11.1 Å². The van der Waals surface area contributed by atoms with Crippen molar-refractivity contribution in [1.82, 2.24) is 0 Å². The van der Waals surface area contributed by atoms with Crippen molar-refractivity contribution in [3.63, 3.8) is 0 Å². The molecule has 0 amide bonds. The molecule has 0 aromatic heterocycles. The molecule has 8 heteroatoms. The average Bonchev–Trinajstić information content (AvgIpc) is 2.91. The number of carbonyl (C=O) groups excluding carboxylic acids is 2. The standard InChI is InChI=1S/C26H16N4O4/c1-33-23(31)20-19(17-9-5-3-6-10-17)22(24(32)34-2)26(15-29,16-30)25(13-27,14-28)21(20)18-11-7-4-8-12-18/h3-12H,1-2H3. The fraction of sp³-hybridized carbons (Fsp3) is 0.154. The molecule has 0 unspecified atom stereocenters. The van der Waals surface area contributed by atoms with E-state index in [1.54, 1.807) is 72.8 Å². The molecule has 0 radical (unpaired) electrons. The number of methoxy groups -OCH3 is 2. The van der Waals surface area contributed by atoms with Crippen LogP contribution >= 0.6 is 0 Å². The second kappa shape index (κ2) is 9.13. The van der Waals surface area contributed by atoms with Gasteiger partial charge in [0.15, 0.2) is 0 Å². The van der Waals surface area contributed by atoms with Gasteiger partial charge in [0, 0.05) is 11.1 Å². The molecule has 0 bridgehead atoms. The molecular weight excluding hydrogens is 432 g/mol. The summed E-state index contributed by atoms with van der Waals surface area (Å²) in [6.07, 6.45) is 0. The number of nitriles is 4. The van der Waals surface area contributed by atoms with Crippen molar-refractivity contribution in [3.8, 4) is 24.3 Å². The monoisotopic (exact) mass is 448 g/mol. The first-order valence-corrected chi connectivity index (χ1v) is 9.85. The quantitative estimate of drug-likeness (QED) is 0.647. The third-order valence-electron chi connectivity index (χ3n) is 5.64. The Bertz CT molecular complexity index is 1370. The van der Waals surface area contributed by atoms with Gasteiger partial charge in [-0.1, -0.05) is 60.7 Å². The van der Waals surface area contributed by atoms with E-state index in [2.05, 4.69) is 0 Å². The maximum Gasteiger partial charge on any atom is 0.338 e. The van der Waals surface area contributed by atoms with Crippen molar-refractivity contribution >= 4 is 23.1 Å². The van der Waals surface area contributed by atoms with E-state index in [1.807, 2.05) is 0 Å². The first-order valence-electron chi connectivity index (χ1n) is 9.85. The normalized spacial score (nSPS) is 15.7. The highest BCUT2D eigenvalue weighted by atomic mass is 16.5. The number of esters is 2. The number of nitrogens with zero attached hydrogens (tertiary/aromatic N) is 4. The number of hydrogen-bond acceptors (Lipinski definition) is 8. The zero-order valence-electron chi connectivity index (χ0n) is 18.2. The Morgan fingerprint density at radius 3 is 1.53 bits per heavy atom. The van der Waals surface area contributed by atoms with Crippen LogP contribution in [0.2, 0.25) is 0 Å². The minimum absolute atomic E-state index is 0.123. The minimum Gasteiger partial charge on any atom is -0.466 e. The Morgan fingerprint density at radius 1 is 0.676 bits per heavy atom. The Kier molecular flexibility index (Phi) is 6.30. The van der Waals surface area contributed by atoms with E-state index in [0.717, 1.165) is 14.2 Å². The molecule has 0 saturated carbocycles. The van der Waals surface area contributed by atoms with Crippen molar-refractivity contribution in [2.45, 2.75) is 0 Å². The van der Waals surface area contributed by atoms with Crippen LogP contribution in [0, 0.1) is 56.2 Å². The van der Waals surface area contributed by atoms with Gasteiger partial charge in [0.05, 0.1) is 49.6 Å². The Labute approximate surface area is 195 Å². The molecule has 0 aliphatic heterocycles. The number of rotatable bonds is 4. The number of allylic oxidation sites excluding steroid dienone is 1. The van der Waals surface area contributed by atoms with Gasteiger partial charge in [-0.2, -0.15) is 21.0 Å². The van der Waals surface area contributed by atoms with Gasteiger partial charge >= 0.3 is 11.9 Å². The highest BCUT2D eigenvalue weighted by Gasteiger charge is 2.66. The lowest BCUT2D eigenvalue weighted by atomic mass is 9.52. The third-order valence-corrected chi connectivity index (χ3v) is 5.64. The topological polar surface area (TPSA) is 148 Å². The number of ether oxygens (including phenoxy) is 2. The maximum absolute atomic E-state index is 13.2. The molecule has 0 atom stereocenters. The van der Waals surface area contributed by atoms with Gasteiger partial charge < -0.3 is 9.47 Å². The molecule has 0 fully saturated rings. The molecular formula is C26H16N4O4. The second-order valence-corrected chi connectivity index (χ2v) is 7.16. The molecule has 3 rings (SSSR count). The summed E-state index contributed by atoms with van der Waals surface area (Å²) in [6.45, 7) is 0. The number of carbonyl (C=O) groups is 2. The highest BCUT2D eigenvalue weighted by Crippen LogP contribution is 2.60. The lowest BCUT2D eigenvalue weighted by Crippen LogP contribution is -2.47. The van der Waals surface area contributed by atoms with Crippen LogP contribution < -0.4 is 0 Å². The molecule has 2 aromatic carbocycles. The Hall–Kier alpha value is -5.18. The summed E-state index contributed by atoms with van der Waals surface area (Å²) in [5.74, 6) is -2.09. The van der Waals surface area contributed by atoms with Crippen molar-refractivity contribution in [2.75, 3.05) is 14.2 Å². The molecule has 2 aromatic rings. The summed E-state index contributed by atoms with van der Waals surface area (Å²) in [4.78, 5) is 26.4. The van der Waals surface area contributed by atoms with Crippen molar-refractivity contribution in [3.05, 3.63) is 82.9 Å². The van der Waals surface area contributed by atoms with E-state index in [1.165, 1.54) is 12.1 Å². The molecule has 8 nitrogen and oxygen atoms in total. The molecule has 0 N–H and O–H groups in total. The minimum atomic E-state index is -2.64. The highest BCUT2D eigenvalue weighted by molar-refractivity contribution is 6.21. The molecule has 0 spiro atoms. The molecule has 0 heterocycles. The van der Waals surface area contributed by atoms with Crippen LogP contribution in [0.4, 0.5) is 0 Å². The molecule has 0 saturated heterocycles. The summed E-state index contributed by atoms with van der Waals surface area (Å²) < 4.78 is 9.90. The third kappa shape index (κ3) is 3.11. The van der Waals surface area contributed by atoms with Crippen LogP contribution in [0.25, 0.3) is 11.1 Å². The second-order valence-electron chi connectivity index (χ2n) is 7.16. The van der Waals surface area contributed by atoms with Crippen LogP contribution in [-0.2, 0) is 19.1 Å². The fourth-order valence-corrected chi connectivity index (χ4v) is 4.13. The van der Waals surface area contributed by atoms with Gasteiger partial charge in [0.25, 0.3) is 0 Å². The van der Waals surface area contributed by atoms with E-state index >= 15 is 0 Å². The maximum atomic E-state index is 13.2. The predicted molar refractivity (Wildman–Crippen MR) is 118 cm³/mol. The lowest BCUT2D eigenvalue weighted by Gasteiger charge is -2.40. The van der Waals surface area contributed by atoms with Crippen LogP contribution in [0.5, 0.6) is 0 Å². The van der Waals surface area contributed by atoms with Crippen molar-refractivity contribution in [2.24, 2.45) is 10.8 Å². The summed E-state index contributed by atoms with van der Waals surface area (Å²) in [5.41, 5.74) is -5.91. The van der Waals surface area contributed by atoms with E-state index < -0.39 is 28.3 Å². The zero-order chi connectivity index (χ0) is 24.9. The Balaban J connectivity index is 2.78. The first kappa shape index (κ1) is 23.5. The lowest BCUT2D eigenvalue weighted by molar-refractivity contribution is -0.137. The number of benzene rings is 2. The summed E-state index contributed by atoms with van der Waals surface area (Å²) in [7, 11) is 2.14. The average molecular weight is 448 g/mol. The van der Waals surface area contributed by atoms with Gasteiger partial charge in [-0.15, -0.1) is 0 Å². The molecule has 164 valence electrons. The zero-order valence-corrected chi connectivity index (χ0v) is 18.2. The number of hydrogen-bond donors (Lipinski definition) is 0. The molecule has 34 heavy (non-hydrogen) atoms. The van der Waals surface area contributed by atoms with E-state index in [0.29, 0.717) is 0 Å². The fourth-order valence-electron chi connectivity index (χ4n) is 4.13. The SMILES string of the molecule is COC(=O)C1=C(c2ccccc2)C(C#N)(C#N)C(C#N)(C#N)C(C(=O)OC)=C1c1ccccc1. The van der Waals surface area contributed by atoms with E-state index in [-0.39, 0.29) is 27.8 Å². The van der Waals surface area contributed by atoms with Gasteiger partial charge in [-0.3, -0.25) is 0 Å². The van der Waals surface area contributed by atoms with Crippen molar-refractivity contribution < 1.29 is 19.1 Å². The van der Waals surface area contributed by atoms with Gasteiger partial charge in [0.2, 0.25) is 10.8 Å². The van der Waals surface area contributed by atoms with Gasteiger partial charge in [-0.25, -0.2) is 9.59 Å². The van der Waals surface area contributed by atoms with Crippen LogP contribution in [0.3, 0.4) is 0 Å². The van der Waals surface area contributed by atoms with Crippen LogP contribution in [-0.4, -0.2) is 26.2 Å². The van der Waals surface area contributed by atoms with Gasteiger partial charge in [-0.05, 0) is 11.1 Å². The predicted octanol–water partition coefficient (Wildman–Crippen LogP) is 3.32. The molecule has 1 aliphatic rings. The summed E-state index contributed by atoms with van der Waals surface area (Å²) in [5, 5.41) is 41.3. The summed E-state index contributed by atoms with van der Waals surface area (Å²) >= 11 is 0. The largest absolute Gasteiger partial charge is 0.466 e. The van der Waals surface area contributed by atoms with Gasteiger partial charge in [0.1, 0.15) is 0 Å². The molecule has 1 aliphatic carbocycles. The van der Waals surface area contributed by atoms with E-state index in [9.17, 15) is 30.6 Å². The first-order chi connectivity index (χ1) is 16.4. The smallest absolute Gasteiger partial charge is 0.338 e. The Morgan fingerprint density at radius 2 is 1.12 bits per heavy atom. The van der Waals surface area contributed by atoms with Crippen molar-refractivity contribution in [1.29, 1.82) is 21.0 Å². The van der Waals surface area contributed by atoms with Crippen LogP contribution in [0.15, 0.2) is 71.8 Å². The summed E-state index contributed by atoms with van der Waals surface area (Å²) in [6, 6.07) is 23.1. The van der Waals surface area contributed by atoms with E-state index in [4.69, 9.17) is 9.47 Å².